The van der Waals surface area contributed by atoms with Gasteiger partial charge in [-0.05, 0) is 12.2 Å². The van der Waals surface area contributed by atoms with Crippen molar-refractivity contribution in [1.29, 1.82) is 0 Å². The molecule has 0 radical (unpaired) electrons. The Balaban J connectivity index is 2.33. The van der Waals surface area contributed by atoms with E-state index in [0.717, 1.165) is 5.56 Å². The first-order chi connectivity index (χ1) is 8.66. The molecule has 0 saturated heterocycles. The number of imidazole rings is 1. The minimum atomic E-state index is -0.122. The van der Waals surface area contributed by atoms with E-state index in [-0.39, 0.29) is 5.88 Å². The number of H-pyrrole nitrogens is 1. The Morgan fingerprint density at radius 2 is 1.94 bits per heavy atom. The Bertz CT molecular complexity index is 776. The normalized spacial score (nSPS) is 10.9. The van der Waals surface area contributed by atoms with Gasteiger partial charge in [0.1, 0.15) is 11.3 Å². The van der Waals surface area contributed by atoms with Crippen LogP contribution in [0.15, 0.2) is 30.3 Å². The van der Waals surface area contributed by atoms with Crippen molar-refractivity contribution in [3.63, 3.8) is 0 Å². The highest BCUT2D eigenvalue weighted by Gasteiger charge is 2.12. The molecule has 0 aliphatic rings. The molecular weight excluding hydrogens is 248 g/mol. The van der Waals surface area contributed by atoms with E-state index in [4.69, 9.17) is 12.2 Å². The number of nitrogens with zero attached hydrogens (tertiary/aromatic N) is 3. The van der Waals surface area contributed by atoms with E-state index in [1.165, 1.54) is 0 Å². The summed E-state index contributed by atoms with van der Waals surface area (Å²) in [6.45, 7) is 0. The molecule has 1 aromatic carbocycles. The zero-order chi connectivity index (χ0) is 12.7. The number of benzene rings is 1. The van der Waals surface area contributed by atoms with Gasteiger partial charge in [0.25, 0.3) is 0 Å². The molecule has 3 aromatic rings. The van der Waals surface area contributed by atoms with Gasteiger partial charge in [-0.2, -0.15) is 4.98 Å². The fourth-order valence-corrected chi connectivity index (χ4v) is 1.98. The first kappa shape index (κ1) is 10.9. The maximum absolute atomic E-state index is 9.77. The van der Waals surface area contributed by atoms with E-state index in [1.807, 2.05) is 30.3 Å². The first-order valence-corrected chi connectivity index (χ1v) is 5.79. The van der Waals surface area contributed by atoms with Crippen LogP contribution < -0.4 is 0 Å². The molecule has 0 amide bonds. The van der Waals surface area contributed by atoms with Crippen molar-refractivity contribution in [2.45, 2.75) is 0 Å². The Hall–Kier alpha value is -2.21. The van der Waals surface area contributed by atoms with Gasteiger partial charge >= 0.3 is 0 Å². The maximum atomic E-state index is 9.77. The standard InChI is InChI=1S/C12H10N4OS/c1-16-10-8(11(17)15-12(16)18)13-9(14-10)7-5-3-2-4-6-7/h2-6H,1H3,(H,13,14)(H,15,17,18). The lowest BCUT2D eigenvalue weighted by atomic mass is 10.2. The van der Waals surface area contributed by atoms with Gasteiger partial charge in [0.15, 0.2) is 5.65 Å². The topological polar surface area (TPSA) is 66.7 Å². The molecule has 2 N–H and O–H groups in total. The van der Waals surface area contributed by atoms with Gasteiger partial charge in [-0.15, -0.1) is 0 Å². The largest absolute Gasteiger partial charge is 0.492 e. The SMILES string of the molecule is Cn1c(=S)nc(O)c2[nH]c(-c3ccccc3)nc21. The summed E-state index contributed by atoms with van der Waals surface area (Å²) in [5.41, 5.74) is 2.02. The van der Waals surface area contributed by atoms with Crippen LogP contribution in [0.5, 0.6) is 5.88 Å². The molecular formula is C12H10N4OS. The van der Waals surface area contributed by atoms with Crippen LogP contribution in [0.3, 0.4) is 0 Å². The molecule has 18 heavy (non-hydrogen) atoms. The lowest BCUT2D eigenvalue weighted by Crippen LogP contribution is -1.97. The van der Waals surface area contributed by atoms with E-state index >= 15 is 0 Å². The molecule has 5 nitrogen and oxygen atoms in total. The highest BCUT2D eigenvalue weighted by atomic mass is 32.1. The van der Waals surface area contributed by atoms with Crippen LogP contribution in [0.1, 0.15) is 0 Å². The van der Waals surface area contributed by atoms with E-state index in [9.17, 15) is 5.11 Å². The van der Waals surface area contributed by atoms with Gasteiger partial charge in [0, 0.05) is 12.6 Å². The van der Waals surface area contributed by atoms with Crippen molar-refractivity contribution in [3.8, 4) is 17.3 Å². The second-order valence-electron chi connectivity index (χ2n) is 3.93. The van der Waals surface area contributed by atoms with Crippen molar-refractivity contribution < 1.29 is 5.11 Å². The van der Waals surface area contributed by atoms with Crippen LogP contribution in [0.2, 0.25) is 0 Å². The van der Waals surface area contributed by atoms with E-state index in [2.05, 4.69) is 15.0 Å². The zero-order valence-electron chi connectivity index (χ0n) is 9.58. The Kier molecular flexibility index (Phi) is 2.38. The number of aromatic hydroxyl groups is 1. The number of aromatic nitrogens is 4. The minimum absolute atomic E-state index is 0.122. The second kappa shape index (κ2) is 3.92. The minimum Gasteiger partial charge on any atom is -0.492 e. The average Bonchev–Trinajstić information content (AvgIpc) is 2.83. The van der Waals surface area contributed by atoms with Crippen molar-refractivity contribution in [2.75, 3.05) is 0 Å². The molecule has 0 saturated carbocycles. The lowest BCUT2D eigenvalue weighted by molar-refractivity contribution is 0.455. The van der Waals surface area contributed by atoms with Crippen LogP contribution in [-0.4, -0.2) is 24.6 Å². The Morgan fingerprint density at radius 1 is 1.22 bits per heavy atom. The molecule has 90 valence electrons. The Morgan fingerprint density at radius 3 is 2.67 bits per heavy atom. The first-order valence-electron chi connectivity index (χ1n) is 5.38. The van der Waals surface area contributed by atoms with Gasteiger partial charge < -0.3 is 14.7 Å². The molecule has 0 aliphatic carbocycles. The molecule has 0 bridgehead atoms. The summed E-state index contributed by atoms with van der Waals surface area (Å²) in [4.78, 5) is 11.4. The van der Waals surface area contributed by atoms with E-state index in [0.29, 0.717) is 21.8 Å². The Labute approximate surface area is 108 Å². The molecule has 0 unspecified atom stereocenters. The number of hydrogen-bond donors (Lipinski definition) is 2. The maximum Gasteiger partial charge on any atom is 0.241 e. The highest BCUT2D eigenvalue weighted by Crippen LogP contribution is 2.24. The van der Waals surface area contributed by atoms with Gasteiger partial charge in [0.05, 0.1) is 0 Å². The number of nitrogens with one attached hydrogen (secondary N) is 1. The van der Waals surface area contributed by atoms with Crippen LogP contribution >= 0.6 is 12.2 Å². The van der Waals surface area contributed by atoms with Crippen LogP contribution in [-0.2, 0) is 7.05 Å². The van der Waals surface area contributed by atoms with E-state index < -0.39 is 0 Å². The van der Waals surface area contributed by atoms with Gasteiger partial charge in [-0.25, -0.2) is 4.98 Å². The quantitative estimate of drug-likeness (QED) is 0.658. The van der Waals surface area contributed by atoms with Crippen LogP contribution in [0.4, 0.5) is 0 Å². The van der Waals surface area contributed by atoms with Crippen molar-refractivity contribution in [2.24, 2.45) is 7.05 Å². The van der Waals surface area contributed by atoms with Gasteiger partial charge in [0.2, 0.25) is 10.7 Å². The summed E-state index contributed by atoms with van der Waals surface area (Å²) in [6, 6.07) is 9.68. The lowest BCUT2D eigenvalue weighted by Gasteiger charge is -1.99. The molecule has 2 aromatic heterocycles. The zero-order valence-corrected chi connectivity index (χ0v) is 10.4. The number of fused-ring (bicyclic) bond motifs is 1. The summed E-state index contributed by atoms with van der Waals surface area (Å²) < 4.78 is 1.96. The fraction of sp³-hybridized carbons (Fsp3) is 0.0833. The number of aryl methyl sites for hydroxylation is 1. The fourth-order valence-electron chi connectivity index (χ4n) is 1.81. The van der Waals surface area contributed by atoms with Gasteiger partial charge in [-0.1, -0.05) is 30.3 Å². The van der Waals surface area contributed by atoms with E-state index in [1.54, 1.807) is 11.6 Å². The average molecular weight is 258 g/mol. The third-order valence-electron chi connectivity index (χ3n) is 2.76. The predicted octanol–water partition coefficient (Wildman–Crippen LogP) is 2.40. The number of rotatable bonds is 1. The van der Waals surface area contributed by atoms with Crippen molar-refractivity contribution in [1.82, 2.24) is 19.5 Å². The number of hydrogen-bond acceptors (Lipinski definition) is 4. The van der Waals surface area contributed by atoms with Crippen molar-refractivity contribution >= 4 is 23.4 Å². The number of aromatic amines is 1. The molecule has 3 rings (SSSR count). The summed E-state index contributed by atoms with van der Waals surface area (Å²) in [6.07, 6.45) is 0. The third-order valence-corrected chi connectivity index (χ3v) is 3.13. The molecule has 0 atom stereocenters. The monoisotopic (exact) mass is 258 g/mol. The molecule has 0 spiro atoms. The summed E-state index contributed by atoms with van der Waals surface area (Å²) >= 11 is 5.03. The van der Waals surface area contributed by atoms with Crippen LogP contribution in [0, 0.1) is 4.77 Å². The smallest absolute Gasteiger partial charge is 0.241 e. The second-order valence-corrected chi connectivity index (χ2v) is 4.29. The van der Waals surface area contributed by atoms with Crippen LogP contribution in [0.25, 0.3) is 22.6 Å². The summed E-state index contributed by atoms with van der Waals surface area (Å²) in [5, 5.41) is 9.77. The van der Waals surface area contributed by atoms with Gasteiger partial charge in [-0.3, -0.25) is 0 Å². The summed E-state index contributed by atoms with van der Waals surface area (Å²) in [5.74, 6) is 0.557. The molecule has 0 fully saturated rings. The summed E-state index contributed by atoms with van der Waals surface area (Å²) in [7, 11) is 1.77. The highest BCUT2D eigenvalue weighted by molar-refractivity contribution is 7.71. The molecule has 6 heteroatoms. The molecule has 2 heterocycles. The van der Waals surface area contributed by atoms with Crippen molar-refractivity contribution in [3.05, 3.63) is 35.1 Å². The molecule has 0 aliphatic heterocycles. The third kappa shape index (κ3) is 1.58. The predicted molar refractivity (Wildman–Crippen MR) is 70.8 cm³/mol.